The third-order valence-corrected chi connectivity index (χ3v) is 4.18. The highest BCUT2D eigenvalue weighted by Gasteiger charge is 2.12. The summed E-state index contributed by atoms with van der Waals surface area (Å²) in [7, 11) is 0. The first kappa shape index (κ1) is 13.9. The van der Waals surface area contributed by atoms with E-state index in [-0.39, 0.29) is 5.78 Å². The number of rotatable bonds is 5. The average molecular weight is 277 g/mol. The Morgan fingerprint density at radius 2 is 2.12 bits per heavy atom. The van der Waals surface area contributed by atoms with Crippen LogP contribution < -0.4 is 0 Å². The van der Waals surface area contributed by atoms with Crippen LogP contribution in [0.5, 0.6) is 0 Å². The van der Waals surface area contributed by atoms with Crippen molar-refractivity contribution in [2.45, 2.75) is 25.5 Å². The molecule has 0 aliphatic heterocycles. The Balaban J connectivity index is 2.66. The molecule has 0 amide bonds. The Labute approximate surface area is 111 Å². The number of benzene rings is 1. The van der Waals surface area contributed by atoms with Gasteiger partial charge in [-0.3, -0.25) is 4.79 Å². The summed E-state index contributed by atoms with van der Waals surface area (Å²) >= 11 is 13.4. The van der Waals surface area contributed by atoms with Crippen LogP contribution in [-0.2, 0) is 0 Å². The molecule has 0 heterocycles. The van der Waals surface area contributed by atoms with Crippen molar-refractivity contribution >= 4 is 40.7 Å². The molecule has 1 nitrogen and oxygen atoms in total. The monoisotopic (exact) mass is 276 g/mol. The number of carbonyl (C=O) groups excluding carboxylic acids is 1. The summed E-state index contributed by atoms with van der Waals surface area (Å²) in [6.45, 7) is 4.22. The molecule has 1 rings (SSSR count). The number of ketones is 1. The molecule has 0 spiro atoms. The van der Waals surface area contributed by atoms with E-state index in [1.807, 2.05) is 0 Å². The van der Waals surface area contributed by atoms with E-state index in [0.29, 0.717) is 26.6 Å². The van der Waals surface area contributed by atoms with Crippen molar-refractivity contribution in [1.29, 1.82) is 0 Å². The summed E-state index contributed by atoms with van der Waals surface area (Å²) in [6.07, 6.45) is 1.06. The van der Waals surface area contributed by atoms with E-state index in [4.69, 9.17) is 23.2 Å². The molecule has 0 radical (unpaired) electrons. The second-order valence-corrected chi connectivity index (χ2v) is 5.85. The van der Waals surface area contributed by atoms with Crippen LogP contribution in [0, 0.1) is 0 Å². The topological polar surface area (TPSA) is 17.1 Å². The Morgan fingerprint density at radius 1 is 1.44 bits per heavy atom. The number of halogens is 2. The number of hydrogen-bond donors (Lipinski definition) is 0. The second-order valence-electron chi connectivity index (χ2n) is 3.58. The zero-order valence-corrected chi connectivity index (χ0v) is 11.6. The minimum atomic E-state index is 0.0620. The molecular weight excluding hydrogens is 263 g/mol. The first-order chi connectivity index (χ1) is 7.54. The van der Waals surface area contributed by atoms with Crippen molar-refractivity contribution in [2.75, 3.05) is 5.75 Å². The molecular formula is C12H14Cl2OS. The summed E-state index contributed by atoms with van der Waals surface area (Å²) < 4.78 is 0. The normalized spacial score (nSPS) is 12.5. The molecule has 0 saturated carbocycles. The van der Waals surface area contributed by atoms with Gasteiger partial charge >= 0.3 is 0 Å². The van der Waals surface area contributed by atoms with Crippen molar-refractivity contribution in [3.05, 3.63) is 33.8 Å². The van der Waals surface area contributed by atoms with E-state index >= 15 is 0 Å². The van der Waals surface area contributed by atoms with Crippen LogP contribution in [-0.4, -0.2) is 16.8 Å². The lowest BCUT2D eigenvalue weighted by Gasteiger charge is -2.08. The van der Waals surface area contributed by atoms with Crippen molar-refractivity contribution in [3.8, 4) is 0 Å². The molecule has 1 unspecified atom stereocenters. The Kier molecular flexibility index (Phi) is 5.67. The molecule has 1 aromatic rings. The van der Waals surface area contributed by atoms with Gasteiger partial charge in [-0.05, 0) is 24.6 Å². The van der Waals surface area contributed by atoms with Crippen LogP contribution in [0.4, 0.5) is 0 Å². The van der Waals surface area contributed by atoms with Gasteiger partial charge in [0.25, 0.3) is 0 Å². The van der Waals surface area contributed by atoms with Crippen LogP contribution in [0.2, 0.25) is 10.0 Å². The minimum absolute atomic E-state index is 0.0620. The highest BCUT2D eigenvalue weighted by molar-refractivity contribution is 8.00. The van der Waals surface area contributed by atoms with Crippen molar-refractivity contribution in [3.63, 3.8) is 0 Å². The molecule has 4 heteroatoms. The Morgan fingerprint density at radius 3 is 2.69 bits per heavy atom. The Bertz CT molecular complexity index is 379. The maximum Gasteiger partial charge on any atom is 0.174 e. The highest BCUT2D eigenvalue weighted by atomic mass is 35.5. The van der Waals surface area contributed by atoms with Gasteiger partial charge in [0.2, 0.25) is 0 Å². The van der Waals surface area contributed by atoms with Gasteiger partial charge in [-0.15, -0.1) is 0 Å². The summed E-state index contributed by atoms with van der Waals surface area (Å²) in [5.41, 5.74) is 0.557. The standard InChI is InChI=1S/C12H14Cl2OS/c1-3-8(2)16-7-12(15)10-5-4-9(13)6-11(10)14/h4-6,8H,3,7H2,1-2H3. The summed E-state index contributed by atoms with van der Waals surface area (Å²) in [6, 6.07) is 4.98. The minimum Gasteiger partial charge on any atom is -0.293 e. The fraction of sp³-hybridized carbons (Fsp3) is 0.417. The van der Waals surface area contributed by atoms with Gasteiger partial charge in [0.1, 0.15) is 0 Å². The number of thioether (sulfide) groups is 1. The van der Waals surface area contributed by atoms with Crippen molar-refractivity contribution in [1.82, 2.24) is 0 Å². The van der Waals surface area contributed by atoms with E-state index in [9.17, 15) is 4.79 Å². The first-order valence-corrected chi connectivity index (χ1v) is 6.95. The SMILES string of the molecule is CCC(C)SCC(=O)c1ccc(Cl)cc1Cl. The number of hydrogen-bond acceptors (Lipinski definition) is 2. The van der Waals surface area contributed by atoms with Gasteiger partial charge < -0.3 is 0 Å². The van der Waals surface area contributed by atoms with E-state index < -0.39 is 0 Å². The van der Waals surface area contributed by atoms with Gasteiger partial charge in [0.15, 0.2) is 5.78 Å². The van der Waals surface area contributed by atoms with Crippen LogP contribution in [0.15, 0.2) is 18.2 Å². The maximum absolute atomic E-state index is 11.8. The summed E-state index contributed by atoms with van der Waals surface area (Å²) in [5, 5.41) is 1.48. The molecule has 0 saturated heterocycles. The molecule has 0 bridgehead atoms. The zero-order chi connectivity index (χ0) is 12.1. The average Bonchev–Trinajstić information content (AvgIpc) is 2.25. The fourth-order valence-electron chi connectivity index (χ4n) is 1.13. The predicted molar refractivity (Wildman–Crippen MR) is 73.0 cm³/mol. The highest BCUT2D eigenvalue weighted by Crippen LogP contribution is 2.23. The molecule has 88 valence electrons. The third kappa shape index (κ3) is 4.00. The van der Waals surface area contributed by atoms with Crippen LogP contribution in [0.3, 0.4) is 0 Å². The van der Waals surface area contributed by atoms with E-state index in [0.717, 1.165) is 6.42 Å². The fourth-order valence-corrected chi connectivity index (χ4v) is 2.47. The third-order valence-electron chi connectivity index (χ3n) is 2.31. The molecule has 1 atom stereocenters. The molecule has 0 aliphatic carbocycles. The van der Waals surface area contributed by atoms with Gasteiger partial charge in [-0.2, -0.15) is 11.8 Å². The summed E-state index contributed by atoms with van der Waals surface area (Å²) in [4.78, 5) is 11.8. The predicted octanol–water partition coefficient (Wildman–Crippen LogP) is 4.71. The zero-order valence-electron chi connectivity index (χ0n) is 9.30. The van der Waals surface area contributed by atoms with Crippen LogP contribution in [0.1, 0.15) is 30.6 Å². The maximum atomic E-state index is 11.8. The van der Waals surface area contributed by atoms with Gasteiger partial charge in [0, 0.05) is 15.8 Å². The lowest BCUT2D eigenvalue weighted by atomic mass is 10.1. The van der Waals surface area contributed by atoms with Crippen molar-refractivity contribution < 1.29 is 4.79 Å². The van der Waals surface area contributed by atoms with E-state index in [2.05, 4.69) is 13.8 Å². The Hall–Kier alpha value is -0.180. The molecule has 0 N–H and O–H groups in total. The second kappa shape index (κ2) is 6.53. The number of carbonyl (C=O) groups is 1. The van der Waals surface area contributed by atoms with Gasteiger partial charge in [-0.25, -0.2) is 0 Å². The molecule has 0 fully saturated rings. The van der Waals surface area contributed by atoms with Crippen LogP contribution >= 0.6 is 35.0 Å². The molecule has 0 aromatic heterocycles. The molecule has 1 aromatic carbocycles. The van der Waals surface area contributed by atoms with Gasteiger partial charge in [-0.1, -0.05) is 37.0 Å². The first-order valence-electron chi connectivity index (χ1n) is 5.14. The van der Waals surface area contributed by atoms with E-state index in [1.165, 1.54) is 0 Å². The number of Topliss-reactive ketones (excluding diaryl/α,β-unsaturated/α-hetero) is 1. The van der Waals surface area contributed by atoms with Gasteiger partial charge in [0.05, 0.1) is 10.8 Å². The molecule has 0 aliphatic rings. The largest absolute Gasteiger partial charge is 0.293 e. The molecule has 16 heavy (non-hydrogen) atoms. The lowest BCUT2D eigenvalue weighted by Crippen LogP contribution is -2.06. The summed E-state index contributed by atoms with van der Waals surface area (Å²) in [5.74, 6) is 0.531. The van der Waals surface area contributed by atoms with E-state index in [1.54, 1.807) is 30.0 Å². The quantitative estimate of drug-likeness (QED) is 0.725. The lowest BCUT2D eigenvalue weighted by molar-refractivity contribution is 0.102. The van der Waals surface area contributed by atoms with Crippen LogP contribution in [0.25, 0.3) is 0 Å². The smallest absolute Gasteiger partial charge is 0.174 e. The van der Waals surface area contributed by atoms with Crippen molar-refractivity contribution in [2.24, 2.45) is 0 Å².